The Morgan fingerprint density at radius 1 is 1.10 bits per heavy atom. The summed E-state index contributed by atoms with van der Waals surface area (Å²) in [5, 5.41) is 18.6. The van der Waals surface area contributed by atoms with E-state index in [1.165, 1.54) is 0 Å². The van der Waals surface area contributed by atoms with Crippen molar-refractivity contribution in [2.75, 3.05) is 0 Å². The smallest absolute Gasteiger partial charge is 0.335 e. The number of rotatable bonds is 6. The van der Waals surface area contributed by atoms with Gasteiger partial charge in [0.1, 0.15) is 11.5 Å². The second-order valence-electron chi connectivity index (χ2n) is 7.02. The molecule has 0 aliphatic carbocycles. The van der Waals surface area contributed by atoms with E-state index in [0.29, 0.717) is 12.2 Å². The Bertz CT molecular complexity index is 1300. The van der Waals surface area contributed by atoms with Gasteiger partial charge in [0.25, 0.3) is 0 Å². The van der Waals surface area contributed by atoms with Crippen LogP contribution < -0.4 is 4.74 Å². The molecule has 0 saturated carbocycles. The van der Waals surface area contributed by atoms with Crippen molar-refractivity contribution in [2.24, 2.45) is 0 Å². The van der Waals surface area contributed by atoms with Crippen LogP contribution in [0, 0.1) is 0 Å². The van der Waals surface area contributed by atoms with Crippen LogP contribution in [0.5, 0.6) is 11.5 Å². The predicted molar refractivity (Wildman–Crippen MR) is 123 cm³/mol. The number of fused-ring (bicyclic) bond motifs is 1. The summed E-state index contributed by atoms with van der Waals surface area (Å²) >= 11 is 0. The van der Waals surface area contributed by atoms with Crippen molar-refractivity contribution in [3.8, 4) is 11.5 Å². The van der Waals surface area contributed by atoms with Gasteiger partial charge in [-0.1, -0.05) is 56.0 Å². The fourth-order valence-corrected chi connectivity index (χ4v) is 3.73. The Morgan fingerprint density at radius 3 is 2.58 bits per heavy atom. The van der Waals surface area contributed by atoms with Crippen molar-refractivity contribution in [3.05, 3.63) is 102 Å². The quantitative estimate of drug-likeness (QED) is 0.184. The molecule has 1 heterocycles. The summed E-state index contributed by atoms with van der Waals surface area (Å²) < 4.78 is 5.56. The number of esters is 1. The molecule has 0 aliphatic heterocycles. The molecule has 4 rings (SSSR count). The zero-order chi connectivity index (χ0) is 21.8. The number of phenols is 1. The fraction of sp³-hybridized carbons (Fsp3) is 0.0769. The Morgan fingerprint density at radius 2 is 1.84 bits per heavy atom. The highest BCUT2D eigenvalue weighted by Crippen LogP contribution is 2.41. The Balaban J connectivity index is 2.04. The van der Waals surface area contributed by atoms with Gasteiger partial charge in [0.05, 0.1) is 11.7 Å². The van der Waals surface area contributed by atoms with E-state index in [4.69, 9.17) is 4.74 Å². The lowest BCUT2D eigenvalue weighted by Gasteiger charge is -2.19. The number of para-hydroxylation sites is 2. The van der Waals surface area contributed by atoms with Crippen LogP contribution in [0.4, 0.5) is 0 Å². The maximum Gasteiger partial charge on any atom is 0.335 e. The third-order valence-corrected chi connectivity index (χ3v) is 5.15. The minimum Gasteiger partial charge on any atom is -0.507 e. The number of hydrogen-bond donors (Lipinski definition) is 2. The van der Waals surface area contributed by atoms with E-state index in [0.717, 1.165) is 44.8 Å². The van der Waals surface area contributed by atoms with Crippen LogP contribution in [0.1, 0.15) is 30.0 Å². The number of ether oxygens (including phenoxy) is 1. The first kappa shape index (κ1) is 20.2. The van der Waals surface area contributed by atoms with E-state index < -0.39 is 5.97 Å². The number of nitrogens with one attached hydrogen (secondary N) is 1. The first-order valence-corrected chi connectivity index (χ1v) is 10.0. The molecule has 0 atom stereocenters. The van der Waals surface area contributed by atoms with E-state index in [1.54, 1.807) is 24.4 Å². The van der Waals surface area contributed by atoms with E-state index in [9.17, 15) is 9.90 Å². The van der Waals surface area contributed by atoms with E-state index in [1.807, 2.05) is 55.5 Å². The summed E-state index contributed by atoms with van der Waals surface area (Å²) in [6.45, 7) is 5.54. The van der Waals surface area contributed by atoms with Crippen LogP contribution in [0.2, 0.25) is 0 Å². The zero-order valence-corrected chi connectivity index (χ0v) is 17.1. The average molecular weight is 410 g/mol. The zero-order valence-electron chi connectivity index (χ0n) is 17.1. The summed E-state index contributed by atoms with van der Waals surface area (Å²) in [5.41, 5.74) is 5.14. The number of aromatic nitrogens is 2. The first-order chi connectivity index (χ1) is 15.1. The number of benzene rings is 3. The number of carbonyl (C=O) groups is 1. The molecule has 154 valence electrons. The molecular formula is C26H22N2O3. The van der Waals surface area contributed by atoms with Crippen LogP contribution in [-0.4, -0.2) is 21.3 Å². The lowest BCUT2D eigenvalue weighted by molar-refractivity contribution is -0.128. The second-order valence-corrected chi connectivity index (χ2v) is 7.02. The largest absolute Gasteiger partial charge is 0.507 e. The normalized spacial score (nSPS) is 11.8. The van der Waals surface area contributed by atoms with Crippen molar-refractivity contribution >= 4 is 28.0 Å². The fourth-order valence-electron chi connectivity index (χ4n) is 3.73. The molecule has 0 fully saturated rings. The highest BCUT2D eigenvalue weighted by Gasteiger charge is 2.19. The number of aromatic hydroxyl groups is 1. The summed E-state index contributed by atoms with van der Waals surface area (Å²) in [4.78, 5) is 12.0. The Kier molecular flexibility index (Phi) is 5.67. The minimum atomic E-state index is -0.530. The van der Waals surface area contributed by atoms with Crippen molar-refractivity contribution in [2.45, 2.75) is 13.3 Å². The van der Waals surface area contributed by atoms with Crippen LogP contribution in [-0.2, 0) is 4.79 Å². The van der Waals surface area contributed by atoms with Gasteiger partial charge in [-0.05, 0) is 47.4 Å². The number of allylic oxidation sites excluding steroid dienone is 1. The molecule has 1 aromatic heterocycles. The van der Waals surface area contributed by atoms with Crippen LogP contribution >= 0.6 is 0 Å². The van der Waals surface area contributed by atoms with Gasteiger partial charge in [0.2, 0.25) is 0 Å². The summed E-state index contributed by atoms with van der Waals surface area (Å²) in [6, 6.07) is 20.6. The Hall–Kier alpha value is -4.12. The topological polar surface area (TPSA) is 75.2 Å². The van der Waals surface area contributed by atoms with Crippen molar-refractivity contribution < 1.29 is 14.6 Å². The molecule has 0 radical (unpaired) electrons. The van der Waals surface area contributed by atoms with Crippen LogP contribution in [0.3, 0.4) is 0 Å². The standard InChI is InChI=1S/C26H22N2O3/c1-3-19(20-9-5-7-11-23(20)29)26(17-13-14-22-18(15-17)16-27-28-22)21-10-6-8-12-24(21)31-25(30)4-2/h4-16,29H,2-3H2,1H3,(H,27,28)/b26-19+. The molecule has 0 spiro atoms. The molecule has 31 heavy (non-hydrogen) atoms. The molecular weight excluding hydrogens is 388 g/mol. The number of carbonyl (C=O) groups excluding carboxylic acids is 1. The monoisotopic (exact) mass is 410 g/mol. The molecule has 0 unspecified atom stereocenters. The summed E-state index contributed by atoms with van der Waals surface area (Å²) in [6.07, 6.45) is 3.56. The van der Waals surface area contributed by atoms with Gasteiger partial charge >= 0.3 is 5.97 Å². The molecule has 0 aliphatic rings. The van der Waals surface area contributed by atoms with E-state index in [2.05, 4.69) is 16.8 Å². The lowest BCUT2D eigenvalue weighted by atomic mass is 9.87. The highest BCUT2D eigenvalue weighted by molar-refractivity contribution is 6.02. The number of hydrogen-bond acceptors (Lipinski definition) is 4. The van der Waals surface area contributed by atoms with Gasteiger partial charge < -0.3 is 9.84 Å². The number of nitrogens with zero attached hydrogens (tertiary/aromatic N) is 1. The summed E-state index contributed by atoms with van der Waals surface area (Å²) in [5.74, 6) is 0.0931. The van der Waals surface area contributed by atoms with Gasteiger partial charge in [-0.25, -0.2) is 4.79 Å². The molecule has 0 bridgehead atoms. The highest BCUT2D eigenvalue weighted by atomic mass is 16.5. The minimum absolute atomic E-state index is 0.196. The number of aromatic amines is 1. The van der Waals surface area contributed by atoms with Gasteiger partial charge in [-0.15, -0.1) is 0 Å². The molecule has 4 aromatic rings. The van der Waals surface area contributed by atoms with Crippen molar-refractivity contribution in [3.63, 3.8) is 0 Å². The third kappa shape index (κ3) is 3.98. The van der Waals surface area contributed by atoms with Crippen LogP contribution in [0.15, 0.2) is 85.6 Å². The van der Waals surface area contributed by atoms with E-state index in [-0.39, 0.29) is 5.75 Å². The number of phenolic OH excluding ortho intramolecular Hbond substituents is 1. The SMILES string of the molecule is C=CC(=O)Oc1ccccc1/C(=C(\CC)c1ccccc1O)c1ccc2[nH]ncc2c1. The molecule has 5 nitrogen and oxygen atoms in total. The van der Waals surface area contributed by atoms with Gasteiger partial charge in [-0.2, -0.15) is 5.10 Å². The maximum atomic E-state index is 12.0. The van der Waals surface area contributed by atoms with Crippen molar-refractivity contribution in [1.82, 2.24) is 10.2 Å². The molecule has 3 aromatic carbocycles. The van der Waals surface area contributed by atoms with Crippen molar-refractivity contribution in [1.29, 1.82) is 0 Å². The van der Waals surface area contributed by atoms with Gasteiger partial charge in [0, 0.05) is 22.6 Å². The maximum absolute atomic E-state index is 12.0. The lowest BCUT2D eigenvalue weighted by Crippen LogP contribution is -2.06. The first-order valence-electron chi connectivity index (χ1n) is 10.0. The predicted octanol–water partition coefficient (Wildman–Crippen LogP) is 5.73. The second kappa shape index (κ2) is 8.71. The molecule has 5 heteroatoms. The average Bonchev–Trinajstić information content (AvgIpc) is 3.26. The van der Waals surface area contributed by atoms with Gasteiger partial charge in [0.15, 0.2) is 0 Å². The third-order valence-electron chi connectivity index (χ3n) is 5.15. The number of H-pyrrole nitrogens is 1. The molecule has 0 saturated heterocycles. The molecule has 0 amide bonds. The van der Waals surface area contributed by atoms with Crippen LogP contribution in [0.25, 0.3) is 22.0 Å². The van der Waals surface area contributed by atoms with Gasteiger partial charge in [-0.3, -0.25) is 5.10 Å². The van der Waals surface area contributed by atoms with E-state index >= 15 is 0 Å². The summed E-state index contributed by atoms with van der Waals surface area (Å²) in [7, 11) is 0. The molecule has 2 N–H and O–H groups in total. The Labute approximate surface area is 180 Å².